The molecular weight excluding hydrogens is 336 g/mol. The van der Waals surface area contributed by atoms with E-state index in [2.05, 4.69) is 52.1 Å². The first kappa shape index (κ1) is 18.9. The minimum atomic E-state index is 0.0798. The maximum absolute atomic E-state index is 5.64. The van der Waals surface area contributed by atoms with Crippen LogP contribution in [0.3, 0.4) is 0 Å². The van der Waals surface area contributed by atoms with Crippen molar-refractivity contribution in [3.05, 3.63) is 59.7 Å². The van der Waals surface area contributed by atoms with E-state index in [0.29, 0.717) is 17.8 Å². The molecule has 0 aliphatic heterocycles. The van der Waals surface area contributed by atoms with E-state index in [1.54, 1.807) is 0 Å². The second-order valence-electron chi connectivity index (χ2n) is 7.28. The largest absolute Gasteiger partial charge is 0.439 e. The Labute approximate surface area is 160 Å². The van der Waals surface area contributed by atoms with Crippen molar-refractivity contribution in [2.75, 3.05) is 0 Å². The summed E-state index contributed by atoms with van der Waals surface area (Å²) in [6, 6.07) is 16.8. The Balaban J connectivity index is 1.93. The van der Waals surface area contributed by atoms with Gasteiger partial charge in [-0.25, -0.2) is 10.7 Å². The van der Waals surface area contributed by atoms with Crippen LogP contribution in [0.5, 0.6) is 0 Å². The first-order valence-electron chi connectivity index (χ1n) is 9.54. The molecule has 1 aliphatic rings. The quantitative estimate of drug-likeness (QED) is 0.391. The van der Waals surface area contributed by atoms with Crippen LogP contribution in [-0.4, -0.2) is 11.9 Å². The van der Waals surface area contributed by atoms with Crippen LogP contribution in [0.25, 0.3) is 0 Å². The van der Waals surface area contributed by atoms with E-state index in [4.69, 9.17) is 17.2 Å². The molecule has 10 N–H and O–H groups in total. The predicted molar refractivity (Wildman–Crippen MR) is 109 cm³/mol. The Hall–Kier alpha value is -2.86. The molecule has 1 fully saturated rings. The standard InChI is InChI=1S/C21H28N6/c22-20(23)26-17-10-6-15(7-11-17)19(14-4-2-1-3-5-14)16-8-12-18(13-9-16)27-21(24)25/h6-14,19H,1-5H2,(H4,22,23,26)(H4,24,25,27)/p+2. The number of hydrogen-bond donors (Lipinski definition) is 5. The highest BCUT2D eigenvalue weighted by atomic mass is 15.0. The molecule has 1 atom stereocenters. The second kappa shape index (κ2) is 8.68. The molecule has 0 aromatic heterocycles. The number of rotatable bonds is 5. The molecule has 0 bridgehead atoms. The van der Waals surface area contributed by atoms with Gasteiger partial charge in [0.15, 0.2) is 5.96 Å². The van der Waals surface area contributed by atoms with Crippen LogP contribution < -0.4 is 27.9 Å². The maximum Gasteiger partial charge on any atom is 0.439 e. The van der Waals surface area contributed by atoms with Gasteiger partial charge in [-0.1, -0.05) is 43.5 Å². The molecule has 3 rings (SSSR count). The Bertz CT molecular complexity index is 732. The molecule has 1 unspecified atom stereocenters. The Kier molecular flexibility index (Phi) is 6.08. The van der Waals surface area contributed by atoms with Crippen molar-refractivity contribution in [3.8, 4) is 0 Å². The molecule has 2 aromatic carbocycles. The molecule has 2 aromatic rings. The molecule has 0 saturated heterocycles. The Morgan fingerprint density at radius 2 is 1.44 bits per heavy atom. The smallest absolute Gasteiger partial charge is 0.370 e. The molecular formula is C21H30N6+2. The van der Waals surface area contributed by atoms with E-state index in [0.717, 1.165) is 11.4 Å². The van der Waals surface area contributed by atoms with Crippen LogP contribution in [-0.2, 0) is 0 Å². The van der Waals surface area contributed by atoms with Crippen LogP contribution in [0, 0.1) is 5.92 Å². The number of nitrogens with zero attached hydrogens (tertiary/aromatic N) is 1. The molecule has 0 spiro atoms. The number of benzene rings is 2. The van der Waals surface area contributed by atoms with Crippen LogP contribution in [0.1, 0.15) is 49.1 Å². The lowest BCUT2D eigenvalue weighted by atomic mass is 9.73. The summed E-state index contributed by atoms with van der Waals surface area (Å²) in [4.78, 5) is 7.19. The van der Waals surface area contributed by atoms with Gasteiger partial charge < -0.3 is 11.5 Å². The van der Waals surface area contributed by atoms with E-state index in [1.807, 2.05) is 12.1 Å². The molecule has 1 saturated carbocycles. The minimum Gasteiger partial charge on any atom is -0.370 e. The SMILES string of the molecule is NC(N)=Nc1ccc(C(c2ccc([NH+]=C(N)[NH3+])cc2)C2CCCCC2)cc1. The summed E-state index contributed by atoms with van der Waals surface area (Å²) >= 11 is 0. The zero-order chi connectivity index (χ0) is 19.2. The molecule has 0 radical (unpaired) electrons. The lowest BCUT2D eigenvalue weighted by molar-refractivity contribution is -0.426. The molecule has 27 heavy (non-hydrogen) atoms. The number of nitrogens with one attached hydrogen (secondary N) is 1. The number of guanidine groups is 2. The second-order valence-corrected chi connectivity index (χ2v) is 7.28. The molecule has 0 amide bonds. The fourth-order valence-electron chi connectivity index (χ4n) is 4.07. The molecule has 1 aliphatic carbocycles. The van der Waals surface area contributed by atoms with Gasteiger partial charge in [-0.15, -0.1) is 0 Å². The fourth-order valence-corrected chi connectivity index (χ4v) is 4.07. The topological polar surface area (TPSA) is 132 Å². The average molecular weight is 367 g/mol. The first-order chi connectivity index (χ1) is 13.0. The highest BCUT2D eigenvalue weighted by Crippen LogP contribution is 2.40. The summed E-state index contributed by atoms with van der Waals surface area (Å²) in [5.41, 5.74) is 24.7. The maximum atomic E-state index is 5.64. The lowest BCUT2D eigenvalue weighted by Crippen LogP contribution is -2.85. The predicted octanol–water partition coefficient (Wildman–Crippen LogP) is 0.572. The lowest BCUT2D eigenvalue weighted by Gasteiger charge is -2.31. The monoisotopic (exact) mass is 366 g/mol. The van der Waals surface area contributed by atoms with Crippen LogP contribution in [0.2, 0.25) is 0 Å². The number of nitrogens with two attached hydrogens (primary N) is 3. The van der Waals surface area contributed by atoms with Crippen molar-refractivity contribution in [1.82, 2.24) is 0 Å². The molecule has 142 valence electrons. The highest BCUT2D eigenvalue weighted by molar-refractivity contribution is 5.79. The third kappa shape index (κ3) is 5.08. The number of hydrogen-bond acceptors (Lipinski definition) is 1. The van der Waals surface area contributed by atoms with E-state index in [1.165, 1.54) is 43.2 Å². The summed E-state index contributed by atoms with van der Waals surface area (Å²) in [6.45, 7) is 0. The molecule has 6 heteroatoms. The van der Waals surface area contributed by atoms with Gasteiger partial charge in [-0.2, -0.15) is 4.99 Å². The summed E-state index contributed by atoms with van der Waals surface area (Å²) < 4.78 is 0. The van der Waals surface area contributed by atoms with Crippen molar-refractivity contribution in [3.63, 3.8) is 0 Å². The summed E-state index contributed by atoms with van der Waals surface area (Å²) in [7, 11) is 0. The summed E-state index contributed by atoms with van der Waals surface area (Å²) in [5.74, 6) is 1.54. The van der Waals surface area contributed by atoms with Gasteiger partial charge in [-0.3, -0.25) is 5.73 Å². The van der Waals surface area contributed by atoms with Crippen molar-refractivity contribution < 1.29 is 10.7 Å². The summed E-state index contributed by atoms with van der Waals surface area (Å²) in [5, 5.41) is 0. The Morgan fingerprint density at radius 1 is 0.889 bits per heavy atom. The summed E-state index contributed by atoms with van der Waals surface area (Å²) in [6.07, 6.45) is 6.48. The van der Waals surface area contributed by atoms with E-state index >= 15 is 0 Å². The third-order valence-corrected chi connectivity index (χ3v) is 5.21. The van der Waals surface area contributed by atoms with Gasteiger partial charge in [0.25, 0.3) is 0 Å². The van der Waals surface area contributed by atoms with E-state index in [-0.39, 0.29) is 5.96 Å². The van der Waals surface area contributed by atoms with Crippen LogP contribution >= 0.6 is 0 Å². The highest BCUT2D eigenvalue weighted by Gasteiger charge is 2.26. The van der Waals surface area contributed by atoms with Gasteiger partial charge in [-0.05, 0) is 54.2 Å². The van der Waals surface area contributed by atoms with E-state index in [9.17, 15) is 0 Å². The van der Waals surface area contributed by atoms with Crippen molar-refractivity contribution >= 4 is 23.3 Å². The first-order valence-corrected chi connectivity index (χ1v) is 9.54. The van der Waals surface area contributed by atoms with Gasteiger partial charge in [0.1, 0.15) is 5.69 Å². The Morgan fingerprint density at radius 3 is 1.96 bits per heavy atom. The number of aliphatic imine (C=N–C) groups is 1. The zero-order valence-corrected chi connectivity index (χ0v) is 15.7. The van der Waals surface area contributed by atoms with Gasteiger partial charge >= 0.3 is 5.96 Å². The van der Waals surface area contributed by atoms with Crippen LogP contribution in [0.15, 0.2) is 53.5 Å². The normalized spacial score (nSPS) is 16.7. The van der Waals surface area contributed by atoms with Crippen molar-refractivity contribution in [1.29, 1.82) is 0 Å². The van der Waals surface area contributed by atoms with Crippen molar-refractivity contribution in [2.24, 2.45) is 28.1 Å². The fraction of sp³-hybridized carbons (Fsp3) is 0.333. The molecule has 6 nitrogen and oxygen atoms in total. The number of quaternary nitrogens is 1. The average Bonchev–Trinajstić information content (AvgIpc) is 2.65. The molecule has 0 heterocycles. The minimum absolute atomic E-state index is 0.0798. The van der Waals surface area contributed by atoms with Crippen LogP contribution in [0.4, 0.5) is 11.4 Å². The van der Waals surface area contributed by atoms with Gasteiger partial charge in [0.05, 0.1) is 5.69 Å². The van der Waals surface area contributed by atoms with E-state index < -0.39 is 0 Å². The van der Waals surface area contributed by atoms with Gasteiger partial charge in [0, 0.05) is 5.92 Å². The van der Waals surface area contributed by atoms with Gasteiger partial charge in [0.2, 0.25) is 0 Å². The zero-order valence-electron chi connectivity index (χ0n) is 15.7. The third-order valence-electron chi connectivity index (χ3n) is 5.21. The van der Waals surface area contributed by atoms with Crippen molar-refractivity contribution in [2.45, 2.75) is 38.0 Å².